The second-order valence-electron chi connectivity index (χ2n) is 11.3. The van der Waals surface area contributed by atoms with Gasteiger partial charge in [0.1, 0.15) is 17.5 Å². The Labute approximate surface area is 205 Å². The minimum atomic E-state index is -1.99. The molecule has 34 heavy (non-hydrogen) atoms. The number of nitrogens with zero attached hydrogens (tertiary/aromatic N) is 1. The zero-order valence-electron chi connectivity index (χ0n) is 22.1. The van der Waals surface area contributed by atoms with E-state index in [1.807, 2.05) is 24.3 Å². The first kappa shape index (κ1) is 28.1. The monoisotopic (exact) mass is 494 g/mol. The molecule has 0 spiro atoms. The highest BCUT2D eigenvalue weighted by molar-refractivity contribution is 6.74. The molecular weight excluding hydrogens is 452 g/mol. The van der Waals surface area contributed by atoms with Gasteiger partial charge in [-0.15, -0.1) is 0 Å². The van der Waals surface area contributed by atoms with E-state index in [1.54, 1.807) is 20.8 Å². The molecule has 2 N–H and O–H groups in total. The van der Waals surface area contributed by atoms with Gasteiger partial charge in [-0.25, -0.2) is 9.59 Å². The second-order valence-corrected chi connectivity index (χ2v) is 16.0. The molecule has 1 aromatic carbocycles. The molecule has 0 bridgehead atoms. The van der Waals surface area contributed by atoms with Crippen molar-refractivity contribution in [1.82, 2.24) is 4.90 Å². The first-order chi connectivity index (χ1) is 15.6. The second kappa shape index (κ2) is 10.7. The zero-order chi connectivity index (χ0) is 25.9. The molecule has 1 unspecified atom stereocenters. The van der Waals surface area contributed by atoms with Crippen molar-refractivity contribution in [3.63, 3.8) is 0 Å². The highest BCUT2D eigenvalue weighted by atomic mass is 28.4. The van der Waals surface area contributed by atoms with Gasteiger partial charge in [-0.05, 0) is 56.6 Å². The lowest BCUT2D eigenvalue weighted by Crippen LogP contribution is -2.48. The lowest BCUT2D eigenvalue weighted by atomic mass is 10.1. The lowest BCUT2D eigenvalue weighted by Gasteiger charge is -2.39. The van der Waals surface area contributed by atoms with E-state index >= 15 is 0 Å². The van der Waals surface area contributed by atoms with Crippen LogP contribution in [0.1, 0.15) is 59.6 Å². The van der Waals surface area contributed by atoms with Gasteiger partial charge in [0, 0.05) is 19.5 Å². The first-order valence-corrected chi connectivity index (χ1v) is 14.7. The fourth-order valence-electron chi connectivity index (χ4n) is 3.53. The topological polar surface area (TPSA) is 100 Å². The summed E-state index contributed by atoms with van der Waals surface area (Å²) in [5.41, 5.74) is 6.35. The number of carbonyl (C=O) groups excluding carboxylic acids is 2. The summed E-state index contributed by atoms with van der Waals surface area (Å²) in [4.78, 5) is 26.5. The van der Waals surface area contributed by atoms with Crippen LogP contribution in [-0.2, 0) is 18.7 Å². The molecule has 0 aliphatic carbocycles. The smallest absolute Gasteiger partial charge is 0.411 e. The molecular formula is C25H42N2O6Si. The summed E-state index contributed by atoms with van der Waals surface area (Å²) in [6.45, 7) is 17.1. The van der Waals surface area contributed by atoms with Gasteiger partial charge in [0.2, 0.25) is 0 Å². The van der Waals surface area contributed by atoms with E-state index in [2.05, 4.69) is 33.9 Å². The number of rotatable bonds is 7. The first-order valence-electron chi connectivity index (χ1n) is 11.8. The standard InChI is InChI=1S/C25H42N2O6Si/c1-24(2,3)32-23(29)27-15-14-19(21(27)22(28)30-7)31-18-12-10-17(11-13-18)20(16-26)33-34(8,9)25(4,5)6/h10-13,19-21H,14-16,26H2,1-9H3/t19-,20?,21-/m0/s1. The number of methoxy groups -OCH3 is 1. The number of likely N-dealkylation sites (tertiary alicyclic amines) is 1. The summed E-state index contributed by atoms with van der Waals surface area (Å²) in [7, 11) is -0.688. The number of carbonyl (C=O) groups is 2. The van der Waals surface area contributed by atoms with Crippen LogP contribution in [0, 0.1) is 0 Å². The van der Waals surface area contributed by atoms with Crippen molar-refractivity contribution in [3.05, 3.63) is 29.8 Å². The van der Waals surface area contributed by atoms with Crippen LogP contribution in [0.4, 0.5) is 4.79 Å². The Kier molecular flexibility index (Phi) is 8.82. The van der Waals surface area contributed by atoms with E-state index in [0.29, 0.717) is 25.3 Å². The maximum Gasteiger partial charge on any atom is 0.411 e. The minimum Gasteiger partial charge on any atom is -0.488 e. The van der Waals surface area contributed by atoms with Gasteiger partial charge < -0.3 is 24.4 Å². The fourth-order valence-corrected chi connectivity index (χ4v) is 4.83. The number of hydrogen-bond donors (Lipinski definition) is 1. The van der Waals surface area contributed by atoms with Crippen molar-refractivity contribution < 1.29 is 28.2 Å². The summed E-state index contributed by atoms with van der Waals surface area (Å²) in [6, 6.07) is 6.69. The maximum absolute atomic E-state index is 12.6. The third-order valence-corrected chi connectivity index (χ3v) is 10.9. The molecule has 0 saturated carbocycles. The van der Waals surface area contributed by atoms with Crippen molar-refractivity contribution in [3.8, 4) is 5.75 Å². The lowest BCUT2D eigenvalue weighted by molar-refractivity contribution is -0.148. The normalized spacial score (nSPS) is 20.1. The fraction of sp³-hybridized carbons (Fsp3) is 0.680. The van der Waals surface area contributed by atoms with Crippen molar-refractivity contribution >= 4 is 20.4 Å². The van der Waals surface area contributed by atoms with E-state index in [-0.39, 0.29) is 11.1 Å². The summed E-state index contributed by atoms with van der Waals surface area (Å²) in [5, 5.41) is 0.0782. The number of ether oxygens (including phenoxy) is 3. The molecule has 8 nitrogen and oxygen atoms in total. The Morgan fingerprint density at radius 3 is 2.18 bits per heavy atom. The quantitative estimate of drug-likeness (QED) is 0.435. The number of nitrogens with two attached hydrogens (primary N) is 1. The summed E-state index contributed by atoms with van der Waals surface area (Å²) >= 11 is 0. The predicted octanol–water partition coefficient (Wildman–Crippen LogP) is 4.64. The highest BCUT2D eigenvalue weighted by Gasteiger charge is 2.46. The van der Waals surface area contributed by atoms with Crippen molar-refractivity contribution in [2.75, 3.05) is 20.2 Å². The highest BCUT2D eigenvalue weighted by Crippen LogP contribution is 2.39. The average Bonchev–Trinajstić information content (AvgIpc) is 3.13. The third kappa shape index (κ3) is 6.96. The molecule has 1 aliphatic heterocycles. The van der Waals surface area contributed by atoms with E-state index in [9.17, 15) is 9.59 Å². The predicted molar refractivity (Wildman–Crippen MR) is 134 cm³/mol. The SMILES string of the molecule is COC(=O)[C@@H]1[C@@H](Oc2ccc(C(CN)O[Si](C)(C)C(C)(C)C)cc2)CCN1C(=O)OC(C)(C)C. The van der Waals surface area contributed by atoms with Gasteiger partial charge in [0.15, 0.2) is 14.4 Å². The molecule has 1 aromatic rings. The maximum atomic E-state index is 12.6. The Bertz CT molecular complexity index is 844. The van der Waals surface area contributed by atoms with Gasteiger partial charge in [0.25, 0.3) is 0 Å². The Balaban J connectivity index is 2.15. The largest absolute Gasteiger partial charge is 0.488 e. The van der Waals surface area contributed by atoms with Gasteiger partial charge in [-0.2, -0.15) is 0 Å². The molecule has 9 heteroatoms. The van der Waals surface area contributed by atoms with Crippen LogP contribution in [0.5, 0.6) is 5.75 Å². The summed E-state index contributed by atoms with van der Waals surface area (Å²) in [5.74, 6) is 0.0627. The third-order valence-electron chi connectivity index (χ3n) is 6.41. The molecule has 0 radical (unpaired) electrons. The number of hydrogen-bond acceptors (Lipinski definition) is 7. The van der Waals surface area contributed by atoms with Crippen LogP contribution < -0.4 is 10.5 Å². The van der Waals surface area contributed by atoms with Crippen LogP contribution in [0.15, 0.2) is 24.3 Å². The van der Waals surface area contributed by atoms with Crippen LogP contribution in [-0.4, -0.2) is 63.2 Å². The van der Waals surface area contributed by atoms with E-state index < -0.39 is 38.1 Å². The molecule has 1 fully saturated rings. The number of esters is 1. The number of benzene rings is 1. The molecule has 0 aromatic heterocycles. The van der Waals surface area contributed by atoms with E-state index in [1.165, 1.54) is 12.0 Å². The average molecular weight is 495 g/mol. The Morgan fingerprint density at radius 2 is 1.71 bits per heavy atom. The van der Waals surface area contributed by atoms with Crippen molar-refractivity contribution in [2.45, 2.75) is 89.9 Å². The van der Waals surface area contributed by atoms with Crippen molar-refractivity contribution in [1.29, 1.82) is 0 Å². The van der Waals surface area contributed by atoms with Gasteiger partial charge >= 0.3 is 12.1 Å². The molecule has 1 saturated heterocycles. The zero-order valence-corrected chi connectivity index (χ0v) is 23.1. The molecule has 1 aliphatic rings. The molecule has 2 rings (SSSR count). The van der Waals surface area contributed by atoms with Crippen LogP contribution >= 0.6 is 0 Å². The van der Waals surface area contributed by atoms with Crippen LogP contribution in [0.3, 0.4) is 0 Å². The van der Waals surface area contributed by atoms with Gasteiger partial charge in [0.05, 0.1) is 13.2 Å². The number of amides is 1. The minimum absolute atomic E-state index is 0.0782. The Morgan fingerprint density at radius 1 is 1.12 bits per heavy atom. The molecule has 1 amide bonds. The van der Waals surface area contributed by atoms with E-state index in [0.717, 1.165) is 5.56 Å². The van der Waals surface area contributed by atoms with E-state index in [4.69, 9.17) is 24.4 Å². The Hall–Kier alpha value is -2.10. The van der Waals surface area contributed by atoms with Gasteiger partial charge in [-0.1, -0.05) is 32.9 Å². The van der Waals surface area contributed by atoms with Crippen LogP contribution in [0.2, 0.25) is 18.1 Å². The summed E-state index contributed by atoms with van der Waals surface area (Å²) in [6.07, 6.45) is -0.815. The molecule has 3 atom stereocenters. The van der Waals surface area contributed by atoms with Crippen molar-refractivity contribution in [2.24, 2.45) is 5.73 Å². The summed E-state index contributed by atoms with van der Waals surface area (Å²) < 4.78 is 23.1. The molecule has 192 valence electrons. The molecule has 1 heterocycles. The van der Waals surface area contributed by atoms with Gasteiger partial charge in [-0.3, -0.25) is 4.90 Å². The van der Waals surface area contributed by atoms with Crippen LogP contribution in [0.25, 0.3) is 0 Å².